The van der Waals surface area contributed by atoms with Crippen LogP contribution < -0.4 is 4.74 Å². The predicted octanol–water partition coefficient (Wildman–Crippen LogP) is 6.54. The van der Waals surface area contributed by atoms with Gasteiger partial charge in [-0.1, -0.05) is 71.3 Å². The third-order valence-electron chi connectivity index (χ3n) is 4.97. The topological polar surface area (TPSA) is 27.1 Å². The molecule has 0 atom stereocenters. The van der Waals surface area contributed by atoms with E-state index in [0.717, 1.165) is 33.8 Å². The second kappa shape index (κ2) is 8.14. The number of halogens is 1. The summed E-state index contributed by atoms with van der Waals surface area (Å²) in [5.41, 5.74) is 7.33. The van der Waals surface area contributed by atoms with Gasteiger partial charge in [-0.2, -0.15) is 5.10 Å². The van der Waals surface area contributed by atoms with Crippen molar-refractivity contribution in [1.29, 1.82) is 0 Å². The monoisotopic (exact) mass is 402 g/mol. The van der Waals surface area contributed by atoms with Gasteiger partial charge in [0, 0.05) is 11.1 Å². The third-order valence-corrected chi connectivity index (χ3v) is 5.33. The number of nitrogens with zero attached hydrogens (tertiary/aromatic N) is 2. The van der Waals surface area contributed by atoms with Gasteiger partial charge in [0.15, 0.2) is 0 Å². The number of hydrogen-bond acceptors (Lipinski definition) is 2. The lowest BCUT2D eigenvalue weighted by molar-refractivity contribution is 0.414. The van der Waals surface area contributed by atoms with Crippen molar-refractivity contribution < 1.29 is 4.74 Å². The molecule has 29 heavy (non-hydrogen) atoms. The van der Waals surface area contributed by atoms with E-state index < -0.39 is 0 Å². The van der Waals surface area contributed by atoms with Crippen LogP contribution in [0.15, 0.2) is 72.8 Å². The van der Waals surface area contributed by atoms with Crippen LogP contribution in [-0.2, 0) is 6.54 Å². The van der Waals surface area contributed by atoms with Crippen LogP contribution in [0.4, 0.5) is 0 Å². The smallest absolute Gasteiger partial charge is 0.118 e. The second-order valence-corrected chi connectivity index (χ2v) is 7.63. The van der Waals surface area contributed by atoms with Crippen molar-refractivity contribution in [2.24, 2.45) is 0 Å². The zero-order chi connectivity index (χ0) is 20.4. The summed E-state index contributed by atoms with van der Waals surface area (Å²) in [6.07, 6.45) is 0. The van der Waals surface area contributed by atoms with Crippen molar-refractivity contribution in [2.75, 3.05) is 7.11 Å². The first kappa shape index (κ1) is 19.3. The molecule has 0 unspecified atom stereocenters. The molecule has 0 bridgehead atoms. The van der Waals surface area contributed by atoms with Gasteiger partial charge in [0.25, 0.3) is 0 Å². The fourth-order valence-electron chi connectivity index (χ4n) is 3.50. The lowest BCUT2D eigenvalue weighted by atomic mass is 10.1. The molecule has 3 nitrogen and oxygen atoms in total. The van der Waals surface area contributed by atoms with Crippen molar-refractivity contribution in [1.82, 2.24) is 9.78 Å². The van der Waals surface area contributed by atoms with Crippen molar-refractivity contribution in [3.63, 3.8) is 0 Å². The van der Waals surface area contributed by atoms with E-state index in [9.17, 15) is 0 Å². The second-order valence-electron chi connectivity index (χ2n) is 7.26. The minimum Gasteiger partial charge on any atom is -0.497 e. The van der Waals surface area contributed by atoms with Crippen molar-refractivity contribution >= 4 is 11.6 Å². The first-order valence-corrected chi connectivity index (χ1v) is 9.96. The largest absolute Gasteiger partial charge is 0.497 e. The molecule has 4 heteroatoms. The maximum atomic E-state index is 6.91. The molecular weight excluding hydrogens is 380 g/mol. The number of hydrogen-bond donors (Lipinski definition) is 0. The maximum absolute atomic E-state index is 6.91. The molecule has 0 N–H and O–H groups in total. The molecule has 0 saturated carbocycles. The molecule has 0 fully saturated rings. The molecule has 0 amide bonds. The van der Waals surface area contributed by atoms with Crippen LogP contribution in [0, 0.1) is 13.8 Å². The van der Waals surface area contributed by atoms with Crippen LogP contribution in [0.2, 0.25) is 5.02 Å². The molecule has 4 aromatic rings. The molecule has 146 valence electrons. The SMILES string of the molecule is COc1ccc(Cn2nc(-c3cccc(C)c3)c(Cl)c2-c2cccc(C)c2)cc1. The van der Waals surface area contributed by atoms with Crippen LogP contribution in [0.25, 0.3) is 22.5 Å². The minimum atomic E-state index is 0.624. The highest BCUT2D eigenvalue weighted by molar-refractivity contribution is 6.35. The Morgan fingerprint density at radius 1 is 0.862 bits per heavy atom. The summed E-state index contributed by atoms with van der Waals surface area (Å²) < 4.78 is 7.27. The average Bonchev–Trinajstić information content (AvgIpc) is 3.04. The Morgan fingerprint density at radius 2 is 1.48 bits per heavy atom. The summed E-state index contributed by atoms with van der Waals surface area (Å²) in [7, 11) is 1.67. The summed E-state index contributed by atoms with van der Waals surface area (Å²) in [4.78, 5) is 0. The van der Waals surface area contributed by atoms with Gasteiger partial charge in [-0.25, -0.2) is 0 Å². The fourth-order valence-corrected chi connectivity index (χ4v) is 3.86. The summed E-state index contributed by atoms with van der Waals surface area (Å²) in [5.74, 6) is 0.839. The molecule has 3 aromatic carbocycles. The molecule has 1 aromatic heterocycles. The zero-order valence-electron chi connectivity index (χ0n) is 16.8. The Hall–Kier alpha value is -3.04. The summed E-state index contributed by atoms with van der Waals surface area (Å²) >= 11 is 6.91. The quantitative estimate of drug-likeness (QED) is 0.378. The molecule has 1 heterocycles. The van der Waals surface area contributed by atoms with Crippen LogP contribution in [0.3, 0.4) is 0 Å². The minimum absolute atomic E-state index is 0.624. The normalized spacial score (nSPS) is 10.9. The van der Waals surface area contributed by atoms with E-state index >= 15 is 0 Å². The van der Waals surface area contributed by atoms with Gasteiger partial charge < -0.3 is 4.74 Å². The number of benzene rings is 3. The van der Waals surface area contributed by atoms with Crippen molar-refractivity contribution in [3.8, 4) is 28.3 Å². The van der Waals surface area contributed by atoms with Gasteiger partial charge in [0.05, 0.1) is 24.4 Å². The predicted molar refractivity (Wildman–Crippen MR) is 120 cm³/mol. The number of methoxy groups -OCH3 is 1. The molecule has 0 aliphatic heterocycles. The van der Waals surface area contributed by atoms with E-state index in [0.29, 0.717) is 11.6 Å². The third kappa shape index (κ3) is 4.06. The molecule has 0 aliphatic carbocycles. The first-order valence-electron chi connectivity index (χ1n) is 9.58. The Kier molecular flexibility index (Phi) is 5.41. The average molecular weight is 403 g/mol. The number of aromatic nitrogens is 2. The molecule has 0 spiro atoms. The van der Waals surface area contributed by atoms with Gasteiger partial charge in [-0.3, -0.25) is 4.68 Å². The molecule has 0 saturated heterocycles. The van der Waals surface area contributed by atoms with Gasteiger partial charge in [-0.15, -0.1) is 0 Å². The van der Waals surface area contributed by atoms with Crippen LogP contribution in [0.1, 0.15) is 16.7 Å². The highest BCUT2D eigenvalue weighted by Gasteiger charge is 2.19. The lowest BCUT2D eigenvalue weighted by Gasteiger charge is -2.09. The molecule has 0 aliphatic rings. The Labute approximate surface area is 176 Å². The van der Waals surface area contributed by atoms with Crippen molar-refractivity contribution in [3.05, 3.63) is 94.5 Å². The van der Waals surface area contributed by atoms with E-state index in [1.54, 1.807) is 7.11 Å². The molecular formula is C25H23ClN2O. The standard InChI is InChI=1S/C25H23ClN2O/c1-17-6-4-8-20(14-17)24-23(26)25(21-9-5-7-18(2)15-21)28(27-24)16-19-10-12-22(29-3)13-11-19/h4-15H,16H2,1-3H3. The van der Waals surface area contributed by atoms with Crippen LogP contribution >= 0.6 is 11.6 Å². The molecule has 0 radical (unpaired) electrons. The Balaban J connectivity index is 1.84. The van der Waals surface area contributed by atoms with Gasteiger partial charge in [-0.05, 0) is 43.7 Å². The fraction of sp³-hybridized carbons (Fsp3) is 0.160. The highest BCUT2D eigenvalue weighted by Crippen LogP contribution is 2.37. The first-order chi connectivity index (χ1) is 14.0. The number of rotatable bonds is 5. The maximum Gasteiger partial charge on any atom is 0.118 e. The summed E-state index contributed by atoms with van der Waals surface area (Å²) in [5, 5.41) is 5.59. The van der Waals surface area contributed by atoms with E-state index in [1.807, 2.05) is 22.9 Å². The van der Waals surface area contributed by atoms with E-state index in [2.05, 4.69) is 68.4 Å². The van der Waals surface area contributed by atoms with E-state index in [1.165, 1.54) is 11.1 Å². The van der Waals surface area contributed by atoms with E-state index in [4.69, 9.17) is 21.4 Å². The van der Waals surface area contributed by atoms with Gasteiger partial charge >= 0.3 is 0 Å². The molecule has 4 rings (SSSR count). The summed E-state index contributed by atoms with van der Waals surface area (Å²) in [6, 6.07) is 24.7. The highest BCUT2D eigenvalue weighted by atomic mass is 35.5. The Bertz CT molecular complexity index is 1150. The van der Waals surface area contributed by atoms with Crippen LogP contribution in [-0.4, -0.2) is 16.9 Å². The Morgan fingerprint density at radius 3 is 2.10 bits per heavy atom. The van der Waals surface area contributed by atoms with E-state index in [-0.39, 0.29) is 0 Å². The van der Waals surface area contributed by atoms with Gasteiger partial charge in [0.1, 0.15) is 11.4 Å². The number of aryl methyl sites for hydroxylation is 2. The van der Waals surface area contributed by atoms with Crippen molar-refractivity contribution in [2.45, 2.75) is 20.4 Å². The lowest BCUT2D eigenvalue weighted by Crippen LogP contribution is -2.04. The zero-order valence-corrected chi connectivity index (χ0v) is 17.6. The number of ether oxygens (including phenoxy) is 1. The summed E-state index contributed by atoms with van der Waals surface area (Å²) in [6.45, 7) is 4.79. The van der Waals surface area contributed by atoms with Gasteiger partial charge in [0.2, 0.25) is 0 Å². The van der Waals surface area contributed by atoms with Crippen LogP contribution in [0.5, 0.6) is 5.75 Å².